The van der Waals surface area contributed by atoms with Gasteiger partial charge in [0.25, 0.3) is 0 Å². The molecule has 3 heteroatoms. The molecule has 0 bridgehead atoms. The molecule has 0 saturated heterocycles. The van der Waals surface area contributed by atoms with Crippen molar-refractivity contribution in [2.75, 3.05) is 0 Å². The molecule has 0 aromatic heterocycles. The molecule has 0 amide bonds. The fourth-order valence-electron chi connectivity index (χ4n) is 2.83. The molecule has 3 nitrogen and oxygen atoms in total. The van der Waals surface area contributed by atoms with Crippen LogP contribution >= 0.6 is 0 Å². The molecule has 19 heavy (non-hydrogen) atoms. The Morgan fingerprint density at radius 1 is 1.00 bits per heavy atom. The number of hydrogen-bond acceptors (Lipinski definition) is 3. The first-order valence-electron chi connectivity index (χ1n) is 6.28. The second-order valence-corrected chi connectivity index (χ2v) is 4.76. The van der Waals surface area contributed by atoms with E-state index in [1.54, 1.807) is 0 Å². The molecule has 0 radical (unpaired) electrons. The SMILES string of the molecule is O=C1Oc2ccccc2C2C1=NCc1ccccc12. The number of carbonyl (C=O) groups is 1. The van der Waals surface area contributed by atoms with E-state index in [0.29, 0.717) is 18.0 Å². The van der Waals surface area contributed by atoms with Crippen molar-refractivity contribution in [1.29, 1.82) is 0 Å². The Morgan fingerprint density at radius 3 is 2.63 bits per heavy atom. The summed E-state index contributed by atoms with van der Waals surface area (Å²) in [5, 5.41) is 0. The lowest BCUT2D eigenvalue weighted by atomic mass is 9.81. The molecule has 92 valence electrons. The topological polar surface area (TPSA) is 38.7 Å². The van der Waals surface area contributed by atoms with Crippen LogP contribution in [0, 0.1) is 0 Å². The van der Waals surface area contributed by atoms with E-state index < -0.39 is 0 Å². The molecule has 2 aliphatic rings. The third kappa shape index (κ3) is 1.45. The first kappa shape index (κ1) is 10.5. The molecule has 0 spiro atoms. The van der Waals surface area contributed by atoms with E-state index >= 15 is 0 Å². The molecule has 1 unspecified atom stereocenters. The molecule has 2 aromatic rings. The number of hydrogen-bond donors (Lipinski definition) is 0. The first-order chi connectivity index (χ1) is 9.34. The summed E-state index contributed by atoms with van der Waals surface area (Å²) in [7, 11) is 0. The number of benzene rings is 2. The highest BCUT2D eigenvalue weighted by atomic mass is 16.5. The maximum Gasteiger partial charge on any atom is 0.358 e. The Bertz CT molecular complexity index is 718. The van der Waals surface area contributed by atoms with Gasteiger partial charge in [0.15, 0.2) is 0 Å². The molecule has 0 saturated carbocycles. The molecule has 0 aliphatic carbocycles. The highest BCUT2D eigenvalue weighted by Gasteiger charge is 2.37. The summed E-state index contributed by atoms with van der Waals surface area (Å²) in [6.07, 6.45) is 0. The molecule has 2 heterocycles. The predicted molar refractivity (Wildman–Crippen MR) is 71.5 cm³/mol. The Kier molecular flexibility index (Phi) is 2.09. The summed E-state index contributed by atoms with van der Waals surface area (Å²) in [5.41, 5.74) is 3.89. The number of aliphatic imine (C=N–C) groups is 1. The van der Waals surface area contributed by atoms with Gasteiger partial charge >= 0.3 is 5.97 Å². The lowest BCUT2D eigenvalue weighted by Gasteiger charge is -2.30. The maximum atomic E-state index is 12.0. The smallest absolute Gasteiger partial charge is 0.358 e. The molecule has 2 aromatic carbocycles. The van der Waals surface area contributed by atoms with E-state index in [2.05, 4.69) is 17.1 Å². The largest absolute Gasteiger partial charge is 0.422 e. The molecule has 4 rings (SSSR count). The van der Waals surface area contributed by atoms with Gasteiger partial charge < -0.3 is 4.74 Å². The maximum absolute atomic E-state index is 12.0. The zero-order valence-corrected chi connectivity index (χ0v) is 10.2. The lowest BCUT2D eigenvalue weighted by Crippen LogP contribution is -2.35. The van der Waals surface area contributed by atoms with Gasteiger partial charge in [-0.05, 0) is 17.2 Å². The van der Waals surface area contributed by atoms with Crippen molar-refractivity contribution in [1.82, 2.24) is 0 Å². The van der Waals surface area contributed by atoms with Crippen LogP contribution in [0.15, 0.2) is 53.5 Å². The Morgan fingerprint density at radius 2 is 1.74 bits per heavy atom. The van der Waals surface area contributed by atoms with Crippen LogP contribution in [-0.4, -0.2) is 11.7 Å². The van der Waals surface area contributed by atoms with Gasteiger partial charge in [0.05, 0.1) is 12.5 Å². The van der Waals surface area contributed by atoms with Gasteiger partial charge in [-0.2, -0.15) is 0 Å². The number of rotatable bonds is 0. The molecule has 2 aliphatic heterocycles. The number of esters is 1. The minimum absolute atomic E-state index is 0.0811. The second-order valence-electron chi connectivity index (χ2n) is 4.76. The fourth-order valence-corrected chi connectivity index (χ4v) is 2.83. The number of fused-ring (bicyclic) bond motifs is 5. The van der Waals surface area contributed by atoms with Gasteiger partial charge in [0.1, 0.15) is 11.5 Å². The van der Waals surface area contributed by atoms with Gasteiger partial charge in [-0.15, -0.1) is 0 Å². The monoisotopic (exact) mass is 249 g/mol. The lowest BCUT2D eigenvalue weighted by molar-refractivity contribution is -0.127. The fraction of sp³-hybridized carbons (Fsp3) is 0.125. The number of para-hydroxylation sites is 1. The van der Waals surface area contributed by atoms with Crippen LogP contribution in [0.25, 0.3) is 0 Å². The van der Waals surface area contributed by atoms with E-state index in [9.17, 15) is 4.79 Å². The average molecular weight is 249 g/mol. The highest BCUT2D eigenvalue weighted by Crippen LogP contribution is 2.40. The third-order valence-electron chi connectivity index (χ3n) is 3.70. The predicted octanol–water partition coefficient (Wildman–Crippen LogP) is 2.69. The van der Waals surface area contributed by atoms with Crippen LogP contribution in [0.1, 0.15) is 22.6 Å². The van der Waals surface area contributed by atoms with Crippen LogP contribution in [0.4, 0.5) is 0 Å². The molecular weight excluding hydrogens is 238 g/mol. The summed E-state index contributed by atoms with van der Waals surface area (Å²) in [6.45, 7) is 0.555. The summed E-state index contributed by atoms with van der Waals surface area (Å²) >= 11 is 0. The van der Waals surface area contributed by atoms with Crippen molar-refractivity contribution in [3.8, 4) is 5.75 Å². The summed E-state index contributed by atoms with van der Waals surface area (Å²) in [5.74, 6) is 0.244. The standard InChI is InChI=1S/C16H11NO2/c18-16-15-14(12-7-3-4-8-13(12)19-16)11-6-2-1-5-10(11)9-17-15/h1-8,14H,9H2. The van der Waals surface area contributed by atoms with Gasteiger partial charge in [-0.3, -0.25) is 4.99 Å². The van der Waals surface area contributed by atoms with Crippen molar-refractivity contribution in [3.05, 3.63) is 65.2 Å². The Labute approximate surface area is 110 Å². The molecule has 0 fully saturated rings. The number of ether oxygens (including phenoxy) is 1. The molecule has 1 atom stereocenters. The van der Waals surface area contributed by atoms with E-state index in [-0.39, 0.29) is 11.9 Å². The molecule has 0 N–H and O–H groups in total. The van der Waals surface area contributed by atoms with Gasteiger partial charge in [-0.1, -0.05) is 42.5 Å². The third-order valence-corrected chi connectivity index (χ3v) is 3.70. The van der Waals surface area contributed by atoms with E-state index in [1.807, 2.05) is 36.4 Å². The Balaban J connectivity index is 2.00. The van der Waals surface area contributed by atoms with Crippen LogP contribution < -0.4 is 4.74 Å². The van der Waals surface area contributed by atoms with Gasteiger partial charge in [0.2, 0.25) is 0 Å². The quantitative estimate of drug-likeness (QED) is 0.532. The van der Waals surface area contributed by atoms with Gasteiger partial charge in [-0.25, -0.2) is 4.79 Å². The second kappa shape index (κ2) is 3.79. The summed E-state index contributed by atoms with van der Waals surface area (Å²) in [4.78, 5) is 16.5. The molecular formula is C16H11NO2. The zero-order chi connectivity index (χ0) is 12.8. The summed E-state index contributed by atoms with van der Waals surface area (Å²) < 4.78 is 5.35. The minimum atomic E-state index is -0.321. The van der Waals surface area contributed by atoms with Crippen LogP contribution in [0.5, 0.6) is 5.75 Å². The van der Waals surface area contributed by atoms with Crippen LogP contribution in [0.3, 0.4) is 0 Å². The number of carbonyl (C=O) groups excluding carboxylic acids is 1. The summed E-state index contributed by atoms with van der Waals surface area (Å²) in [6, 6.07) is 15.8. The van der Waals surface area contributed by atoms with E-state index in [1.165, 1.54) is 5.56 Å². The van der Waals surface area contributed by atoms with E-state index in [0.717, 1.165) is 11.1 Å². The van der Waals surface area contributed by atoms with Crippen molar-refractivity contribution >= 4 is 11.7 Å². The van der Waals surface area contributed by atoms with Crippen molar-refractivity contribution in [3.63, 3.8) is 0 Å². The average Bonchev–Trinajstić information content (AvgIpc) is 2.47. The number of nitrogens with zero attached hydrogens (tertiary/aromatic N) is 1. The van der Waals surface area contributed by atoms with Crippen LogP contribution in [0.2, 0.25) is 0 Å². The van der Waals surface area contributed by atoms with Crippen molar-refractivity contribution in [2.45, 2.75) is 12.5 Å². The van der Waals surface area contributed by atoms with Crippen LogP contribution in [-0.2, 0) is 11.3 Å². The van der Waals surface area contributed by atoms with E-state index in [4.69, 9.17) is 4.74 Å². The Hall–Kier alpha value is -2.42. The first-order valence-corrected chi connectivity index (χ1v) is 6.28. The van der Waals surface area contributed by atoms with Gasteiger partial charge in [0, 0.05) is 5.56 Å². The zero-order valence-electron chi connectivity index (χ0n) is 10.2. The minimum Gasteiger partial charge on any atom is -0.422 e. The normalized spacial score (nSPS) is 19.7. The van der Waals surface area contributed by atoms with Crippen molar-refractivity contribution in [2.24, 2.45) is 4.99 Å². The highest BCUT2D eigenvalue weighted by molar-refractivity contribution is 6.41. The van der Waals surface area contributed by atoms with Crippen molar-refractivity contribution < 1.29 is 9.53 Å².